The molecule has 0 aromatic heterocycles. The topological polar surface area (TPSA) is 35.5 Å². The van der Waals surface area contributed by atoms with Gasteiger partial charge in [-0.05, 0) is 24.3 Å². The van der Waals surface area contributed by atoms with Gasteiger partial charge in [0, 0.05) is 17.7 Å². The Morgan fingerprint density at radius 2 is 2.00 bits per heavy atom. The first-order valence-electron chi connectivity index (χ1n) is 4.09. The molecule has 1 aromatic rings. The van der Waals surface area contributed by atoms with Crippen molar-refractivity contribution in [3.8, 4) is 0 Å². The second kappa shape index (κ2) is 5.75. The summed E-state index contributed by atoms with van der Waals surface area (Å²) in [6.45, 7) is 0.148. The second-order valence-electron chi connectivity index (χ2n) is 2.69. The number of rotatable bonds is 5. The number of halogens is 1. The van der Waals surface area contributed by atoms with E-state index in [0.717, 1.165) is 0 Å². The predicted octanol–water partition coefficient (Wildman–Crippen LogP) is 2.14. The molecule has 76 valence electrons. The lowest BCUT2D eigenvalue weighted by molar-refractivity contribution is -0.0237. The van der Waals surface area contributed by atoms with Crippen LogP contribution < -0.4 is 0 Å². The van der Waals surface area contributed by atoms with Crippen molar-refractivity contribution in [2.24, 2.45) is 0 Å². The lowest BCUT2D eigenvalue weighted by Crippen LogP contribution is -2.10. The summed E-state index contributed by atoms with van der Waals surface area (Å²) in [6, 6.07) is 6.68. The molecule has 0 amide bonds. The number of benzene rings is 1. The number of methoxy groups -OCH3 is 1. The zero-order valence-corrected chi connectivity index (χ0v) is 8.58. The van der Waals surface area contributed by atoms with E-state index < -0.39 is 0 Å². The molecule has 1 aromatic carbocycles. The third-order valence-electron chi connectivity index (χ3n) is 1.60. The molecule has 0 aliphatic heterocycles. The van der Waals surface area contributed by atoms with E-state index in [1.807, 2.05) is 0 Å². The number of hydrogen-bond acceptors (Lipinski definition) is 3. The molecular formula is C10H11ClO3. The molecule has 0 spiro atoms. The highest BCUT2D eigenvalue weighted by Gasteiger charge is 2.04. The Labute approximate surface area is 87.6 Å². The van der Waals surface area contributed by atoms with Crippen LogP contribution in [0, 0.1) is 0 Å². The summed E-state index contributed by atoms with van der Waals surface area (Å²) in [5, 5.41) is 0.611. The largest absolute Gasteiger partial charge is 0.359 e. The molecule has 3 nitrogen and oxygen atoms in total. The lowest BCUT2D eigenvalue weighted by Gasteiger charge is -2.02. The maximum atomic E-state index is 11.4. The van der Waals surface area contributed by atoms with Crippen LogP contribution in [-0.4, -0.2) is 26.3 Å². The van der Waals surface area contributed by atoms with Gasteiger partial charge in [-0.1, -0.05) is 11.6 Å². The molecule has 0 aliphatic carbocycles. The van der Waals surface area contributed by atoms with Crippen LogP contribution >= 0.6 is 11.6 Å². The highest BCUT2D eigenvalue weighted by Crippen LogP contribution is 2.09. The molecule has 1 rings (SSSR count). The molecule has 0 saturated heterocycles. The fourth-order valence-corrected chi connectivity index (χ4v) is 1.06. The van der Waals surface area contributed by atoms with E-state index in [1.54, 1.807) is 24.3 Å². The van der Waals surface area contributed by atoms with E-state index in [2.05, 4.69) is 4.74 Å². The molecule has 0 fully saturated rings. The van der Waals surface area contributed by atoms with Crippen molar-refractivity contribution in [2.45, 2.75) is 0 Å². The Bertz CT molecular complexity index is 295. The van der Waals surface area contributed by atoms with Gasteiger partial charge in [0.2, 0.25) is 0 Å². The van der Waals surface area contributed by atoms with Gasteiger partial charge >= 0.3 is 0 Å². The van der Waals surface area contributed by atoms with E-state index in [0.29, 0.717) is 10.6 Å². The lowest BCUT2D eigenvalue weighted by atomic mass is 10.1. The summed E-state index contributed by atoms with van der Waals surface area (Å²) in [4.78, 5) is 11.4. The van der Waals surface area contributed by atoms with Gasteiger partial charge in [-0.25, -0.2) is 0 Å². The molecule has 0 heterocycles. The monoisotopic (exact) mass is 214 g/mol. The van der Waals surface area contributed by atoms with Crippen molar-refractivity contribution in [2.75, 3.05) is 20.5 Å². The normalized spacial score (nSPS) is 10.1. The number of Topliss-reactive ketones (excluding diaryl/α,β-unsaturated/α-hetero) is 1. The summed E-state index contributed by atoms with van der Waals surface area (Å²) in [7, 11) is 1.51. The fraction of sp³-hybridized carbons (Fsp3) is 0.300. The third kappa shape index (κ3) is 3.46. The van der Waals surface area contributed by atoms with Gasteiger partial charge in [0.25, 0.3) is 0 Å². The molecule has 0 unspecified atom stereocenters. The number of ketones is 1. The molecular weight excluding hydrogens is 204 g/mol. The van der Waals surface area contributed by atoms with Gasteiger partial charge in [0.15, 0.2) is 5.78 Å². The maximum absolute atomic E-state index is 11.4. The fourth-order valence-electron chi connectivity index (χ4n) is 0.937. The number of carbonyl (C=O) groups is 1. The average Bonchev–Trinajstić information content (AvgIpc) is 2.19. The van der Waals surface area contributed by atoms with E-state index in [-0.39, 0.29) is 19.2 Å². The summed E-state index contributed by atoms with van der Waals surface area (Å²) in [5.41, 5.74) is 0.588. The highest BCUT2D eigenvalue weighted by atomic mass is 35.5. The van der Waals surface area contributed by atoms with Crippen LogP contribution in [0.15, 0.2) is 24.3 Å². The molecule has 0 saturated carbocycles. The summed E-state index contributed by atoms with van der Waals surface area (Å²) in [5.74, 6) is -0.0845. The van der Waals surface area contributed by atoms with Gasteiger partial charge in [-0.3, -0.25) is 4.79 Å². The van der Waals surface area contributed by atoms with E-state index in [1.165, 1.54) is 7.11 Å². The van der Waals surface area contributed by atoms with Crippen LogP contribution in [0.25, 0.3) is 0 Å². The Morgan fingerprint density at radius 1 is 1.36 bits per heavy atom. The minimum Gasteiger partial charge on any atom is -0.359 e. The Kier molecular flexibility index (Phi) is 4.59. The smallest absolute Gasteiger partial charge is 0.188 e. The average molecular weight is 215 g/mol. The summed E-state index contributed by atoms with van der Waals surface area (Å²) < 4.78 is 9.58. The SMILES string of the molecule is COCOCC(=O)c1ccc(Cl)cc1. The number of ether oxygens (including phenoxy) is 2. The first-order valence-corrected chi connectivity index (χ1v) is 4.47. The third-order valence-corrected chi connectivity index (χ3v) is 1.85. The van der Waals surface area contributed by atoms with Gasteiger partial charge in [0.05, 0.1) is 0 Å². The number of carbonyl (C=O) groups excluding carboxylic acids is 1. The van der Waals surface area contributed by atoms with Gasteiger partial charge in [0.1, 0.15) is 13.4 Å². The van der Waals surface area contributed by atoms with Crippen LogP contribution in [0.3, 0.4) is 0 Å². The zero-order valence-electron chi connectivity index (χ0n) is 7.83. The van der Waals surface area contributed by atoms with Crippen LogP contribution in [-0.2, 0) is 9.47 Å². The molecule has 0 aliphatic rings. The summed E-state index contributed by atoms with van der Waals surface area (Å²) in [6.07, 6.45) is 0. The Morgan fingerprint density at radius 3 is 2.57 bits per heavy atom. The van der Waals surface area contributed by atoms with Gasteiger partial charge in [-0.15, -0.1) is 0 Å². The van der Waals surface area contributed by atoms with Crippen molar-refractivity contribution >= 4 is 17.4 Å². The van der Waals surface area contributed by atoms with Gasteiger partial charge in [-0.2, -0.15) is 0 Å². The molecule has 0 atom stereocenters. The Balaban J connectivity index is 2.48. The summed E-state index contributed by atoms with van der Waals surface area (Å²) >= 11 is 5.68. The van der Waals surface area contributed by atoms with E-state index in [4.69, 9.17) is 16.3 Å². The van der Waals surface area contributed by atoms with Crippen LogP contribution in [0.1, 0.15) is 10.4 Å². The standard InChI is InChI=1S/C10H11ClO3/c1-13-7-14-6-10(12)8-2-4-9(11)5-3-8/h2-5H,6-7H2,1H3. The Hall–Kier alpha value is -0.900. The van der Waals surface area contributed by atoms with E-state index in [9.17, 15) is 4.79 Å². The van der Waals surface area contributed by atoms with Crippen molar-refractivity contribution in [3.05, 3.63) is 34.9 Å². The molecule has 14 heavy (non-hydrogen) atoms. The van der Waals surface area contributed by atoms with Crippen LogP contribution in [0.5, 0.6) is 0 Å². The highest BCUT2D eigenvalue weighted by molar-refractivity contribution is 6.30. The number of hydrogen-bond donors (Lipinski definition) is 0. The second-order valence-corrected chi connectivity index (χ2v) is 3.12. The zero-order chi connectivity index (χ0) is 10.4. The van der Waals surface area contributed by atoms with Crippen LogP contribution in [0.2, 0.25) is 5.02 Å². The minimum atomic E-state index is -0.0845. The van der Waals surface area contributed by atoms with Crippen molar-refractivity contribution < 1.29 is 14.3 Å². The first-order chi connectivity index (χ1) is 6.74. The van der Waals surface area contributed by atoms with Gasteiger partial charge < -0.3 is 9.47 Å². The molecule has 4 heteroatoms. The predicted molar refractivity (Wildman–Crippen MR) is 53.6 cm³/mol. The minimum absolute atomic E-state index is 0.0233. The quantitative estimate of drug-likeness (QED) is 0.428. The van der Waals surface area contributed by atoms with Crippen molar-refractivity contribution in [1.29, 1.82) is 0 Å². The van der Waals surface area contributed by atoms with Crippen LogP contribution in [0.4, 0.5) is 0 Å². The molecule has 0 N–H and O–H groups in total. The van der Waals surface area contributed by atoms with Crippen molar-refractivity contribution in [3.63, 3.8) is 0 Å². The molecule has 0 radical (unpaired) electrons. The van der Waals surface area contributed by atoms with E-state index >= 15 is 0 Å². The first kappa shape index (κ1) is 11.2. The maximum Gasteiger partial charge on any atom is 0.188 e. The molecule has 0 bridgehead atoms. The van der Waals surface area contributed by atoms with Crippen molar-refractivity contribution in [1.82, 2.24) is 0 Å².